The van der Waals surface area contributed by atoms with E-state index in [0.29, 0.717) is 30.4 Å². The molecule has 0 radical (unpaired) electrons. The highest BCUT2D eigenvalue weighted by molar-refractivity contribution is 7.89. The van der Waals surface area contributed by atoms with Crippen LogP contribution in [0, 0.1) is 0 Å². The van der Waals surface area contributed by atoms with Gasteiger partial charge >= 0.3 is 0 Å². The number of sulfonamides is 1. The molecular weight excluding hydrogens is 248 g/mol. The van der Waals surface area contributed by atoms with Crippen molar-refractivity contribution >= 4 is 21.6 Å². The molecule has 0 bridgehead atoms. The zero-order chi connectivity index (χ0) is 11.8. The summed E-state index contributed by atoms with van der Waals surface area (Å²) in [5.41, 5.74) is 0.685. The molecule has 0 saturated carbocycles. The molecule has 88 valence electrons. The van der Waals surface area contributed by atoms with Crippen molar-refractivity contribution in [3.05, 3.63) is 29.0 Å². The lowest BCUT2D eigenvalue weighted by molar-refractivity contribution is 0.435. The van der Waals surface area contributed by atoms with E-state index in [4.69, 9.17) is 11.6 Å². The molecule has 2 rings (SSSR count). The topological polar surface area (TPSA) is 50.3 Å². The number of nitrogens with zero attached hydrogens (tertiary/aromatic N) is 2. The summed E-state index contributed by atoms with van der Waals surface area (Å²) in [6.45, 7) is 2.62. The SMILES string of the molecule is CC1CCN(Cc2cccc(Cl)n2)S1(=O)=O. The van der Waals surface area contributed by atoms with E-state index >= 15 is 0 Å². The highest BCUT2D eigenvalue weighted by Gasteiger charge is 2.35. The Kier molecular flexibility index (Phi) is 3.19. The van der Waals surface area contributed by atoms with E-state index in [0.717, 1.165) is 0 Å². The molecule has 1 aliphatic rings. The van der Waals surface area contributed by atoms with Gasteiger partial charge in [0.25, 0.3) is 0 Å². The monoisotopic (exact) mass is 260 g/mol. The lowest BCUT2D eigenvalue weighted by Gasteiger charge is -2.14. The molecular formula is C10H13ClN2O2S. The molecule has 2 heterocycles. The maximum absolute atomic E-state index is 11.8. The Morgan fingerprint density at radius 1 is 1.56 bits per heavy atom. The Labute approximate surface area is 100 Å². The van der Waals surface area contributed by atoms with E-state index in [1.54, 1.807) is 25.1 Å². The van der Waals surface area contributed by atoms with Gasteiger partial charge < -0.3 is 0 Å². The van der Waals surface area contributed by atoms with Gasteiger partial charge in [0.1, 0.15) is 5.15 Å². The van der Waals surface area contributed by atoms with Gasteiger partial charge in [-0.2, -0.15) is 4.31 Å². The van der Waals surface area contributed by atoms with Crippen molar-refractivity contribution in [3.63, 3.8) is 0 Å². The van der Waals surface area contributed by atoms with Gasteiger partial charge in [-0.25, -0.2) is 13.4 Å². The average molecular weight is 261 g/mol. The van der Waals surface area contributed by atoms with E-state index in [2.05, 4.69) is 4.98 Å². The maximum atomic E-state index is 11.8. The normalized spacial score (nSPS) is 24.8. The van der Waals surface area contributed by atoms with Crippen molar-refractivity contribution in [3.8, 4) is 0 Å². The average Bonchev–Trinajstić information content (AvgIpc) is 2.45. The molecule has 1 saturated heterocycles. The smallest absolute Gasteiger partial charge is 0.217 e. The fourth-order valence-corrected chi connectivity index (χ4v) is 3.51. The van der Waals surface area contributed by atoms with Crippen molar-refractivity contribution in [2.45, 2.75) is 25.1 Å². The summed E-state index contributed by atoms with van der Waals surface area (Å²) in [6.07, 6.45) is 0.683. The second-order valence-corrected chi connectivity index (χ2v) is 6.67. The molecule has 1 aromatic rings. The number of rotatable bonds is 2. The van der Waals surface area contributed by atoms with Gasteiger partial charge in [-0.1, -0.05) is 17.7 Å². The zero-order valence-electron chi connectivity index (χ0n) is 8.93. The minimum absolute atomic E-state index is 0.285. The van der Waals surface area contributed by atoms with Gasteiger partial charge in [-0.05, 0) is 25.5 Å². The van der Waals surface area contributed by atoms with Gasteiger partial charge in [0.15, 0.2) is 0 Å². The van der Waals surface area contributed by atoms with Crippen LogP contribution in [-0.4, -0.2) is 29.5 Å². The Hall–Kier alpha value is -0.650. The van der Waals surface area contributed by atoms with Gasteiger partial charge in [-0.15, -0.1) is 0 Å². The van der Waals surface area contributed by atoms with Crippen molar-refractivity contribution in [1.82, 2.24) is 9.29 Å². The number of halogens is 1. The van der Waals surface area contributed by atoms with E-state index in [9.17, 15) is 8.42 Å². The molecule has 0 aliphatic carbocycles. The minimum Gasteiger partial charge on any atom is -0.240 e. The minimum atomic E-state index is -3.13. The molecule has 0 aromatic carbocycles. The highest BCUT2D eigenvalue weighted by atomic mass is 35.5. The van der Waals surface area contributed by atoms with Crippen LogP contribution in [0.5, 0.6) is 0 Å². The number of aromatic nitrogens is 1. The Morgan fingerprint density at radius 3 is 2.88 bits per heavy atom. The fraction of sp³-hybridized carbons (Fsp3) is 0.500. The van der Waals surface area contributed by atoms with Crippen molar-refractivity contribution in [2.75, 3.05) is 6.54 Å². The first-order valence-corrected chi connectivity index (χ1v) is 6.98. The highest BCUT2D eigenvalue weighted by Crippen LogP contribution is 2.23. The maximum Gasteiger partial charge on any atom is 0.217 e. The van der Waals surface area contributed by atoms with Gasteiger partial charge in [0, 0.05) is 6.54 Å². The van der Waals surface area contributed by atoms with E-state index in [1.165, 1.54) is 4.31 Å². The Bertz CT molecular complexity index is 489. The molecule has 0 amide bonds. The van der Waals surface area contributed by atoms with E-state index in [1.807, 2.05) is 0 Å². The third-order valence-electron chi connectivity index (χ3n) is 2.76. The van der Waals surface area contributed by atoms with Crippen molar-refractivity contribution in [2.24, 2.45) is 0 Å². The summed E-state index contributed by atoms with van der Waals surface area (Å²) >= 11 is 5.75. The van der Waals surface area contributed by atoms with E-state index < -0.39 is 10.0 Å². The Morgan fingerprint density at radius 2 is 2.31 bits per heavy atom. The summed E-state index contributed by atoms with van der Waals surface area (Å²) in [6, 6.07) is 5.23. The molecule has 4 nitrogen and oxygen atoms in total. The molecule has 1 fully saturated rings. The quantitative estimate of drug-likeness (QED) is 0.760. The molecule has 1 unspecified atom stereocenters. The summed E-state index contributed by atoms with van der Waals surface area (Å²) in [5, 5.41) is 0.105. The van der Waals surface area contributed by atoms with Crippen LogP contribution in [-0.2, 0) is 16.6 Å². The zero-order valence-corrected chi connectivity index (χ0v) is 10.5. The number of hydrogen-bond acceptors (Lipinski definition) is 3. The summed E-state index contributed by atoms with van der Waals surface area (Å²) in [5.74, 6) is 0. The fourth-order valence-electron chi connectivity index (χ4n) is 1.74. The molecule has 1 aromatic heterocycles. The largest absolute Gasteiger partial charge is 0.240 e. The third kappa shape index (κ3) is 2.21. The molecule has 16 heavy (non-hydrogen) atoms. The Balaban J connectivity index is 2.18. The first-order chi connectivity index (χ1) is 7.50. The predicted molar refractivity (Wildman–Crippen MR) is 62.7 cm³/mol. The summed E-state index contributed by atoms with van der Waals surface area (Å²) in [4.78, 5) is 4.09. The van der Waals surface area contributed by atoms with Crippen LogP contribution in [0.1, 0.15) is 19.0 Å². The second-order valence-electron chi connectivity index (χ2n) is 3.93. The van der Waals surface area contributed by atoms with Gasteiger partial charge in [0.05, 0.1) is 17.5 Å². The first-order valence-electron chi connectivity index (χ1n) is 5.10. The lowest BCUT2D eigenvalue weighted by atomic mass is 10.3. The van der Waals surface area contributed by atoms with Crippen LogP contribution >= 0.6 is 11.6 Å². The molecule has 6 heteroatoms. The number of pyridine rings is 1. The van der Waals surface area contributed by atoms with Crippen LogP contribution < -0.4 is 0 Å². The van der Waals surface area contributed by atoms with Crippen LogP contribution in [0.4, 0.5) is 0 Å². The van der Waals surface area contributed by atoms with Crippen LogP contribution in [0.2, 0.25) is 5.15 Å². The standard InChI is InChI=1S/C10H13ClN2O2S/c1-8-5-6-13(16(8,14)15)7-9-3-2-4-10(11)12-9/h2-4,8H,5-7H2,1H3. The van der Waals surface area contributed by atoms with E-state index in [-0.39, 0.29) is 5.25 Å². The van der Waals surface area contributed by atoms with Crippen LogP contribution in [0.25, 0.3) is 0 Å². The predicted octanol–water partition coefficient (Wildman–Crippen LogP) is 1.66. The lowest BCUT2D eigenvalue weighted by Crippen LogP contribution is -2.28. The second kappa shape index (κ2) is 4.31. The molecule has 0 spiro atoms. The van der Waals surface area contributed by atoms with Crippen molar-refractivity contribution in [1.29, 1.82) is 0 Å². The van der Waals surface area contributed by atoms with Crippen LogP contribution in [0.3, 0.4) is 0 Å². The number of hydrogen-bond donors (Lipinski definition) is 0. The molecule has 1 aliphatic heterocycles. The molecule has 0 N–H and O–H groups in total. The summed E-state index contributed by atoms with van der Waals surface area (Å²) in [7, 11) is -3.13. The van der Waals surface area contributed by atoms with Crippen molar-refractivity contribution < 1.29 is 8.42 Å². The third-order valence-corrected chi connectivity index (χ3v) is 5.26. The van der Waals surface area contributed by atoms with Crippen LogP contribution in [0.15, 0.2) is 18.2 Å². The summed E-state index contributed by atoms with van der Waals surface area (Å²) < 4.78 is 25.2. The van der Waals surface area contributed by atoms with Gasteiger partial charge in [0.2, 0.25) is 10.0 Å². The van der Waals surface area contributed by atoms with Gasteiger partial charge in [-0.3, -0.25) is 0 Å². The molecule has 1 atom stereocenters. The first kappa shape index (κ1) is 11.8.